The van der Waals surface area contributed by atoms with Crippen LogP contribution in [0.3, 0.4) is 0 Å². The number of aromatic nitrogens is 7. The molecule has 0 spiro atoms. The molecule has 0 saturated heterocycles. The van der Waals surface area contributed by atoms with Crippen molar-refractivity contribution in [1.29, 1.82) is 0 Å². The number of nitrogen functional groups attached to an aromatic ring is 1. The van der Waals surface area contributed by atoms with Crippen LogP contribution in [0.1, 0.15) is 30.2 Å². The van der Waals surface area contributed by atoms with E-state index in [9.17, 15) is 0 Å². The molecule has 0 bridgehead atoms. The third-order valence-electron chi connectivity index (χ3n) is 5.18. The molecule has 10 nitrogen and oxygen atoms in total. The molecule has 0 amide bonds. The molecule has 0 aliphatic carbocycles. The van der Waals surface area contributed by atoms with Gasteiger partial charge in [-0.3, -0.25) is 4.68 Å². The maximum absolute atomic E-state index is 6.14. The normalized spacial score (nSPS) is 11.6. The minimum Gasteiger partial charge on any atom is -0.477 e. The number of rotatable bonds is 7. The van der Waals surface area contributed by atoms with E-state index in [1.165, 1.54) is 0 Å². The number of nitrogens with zero attached hydrogens (tertiary/aromatic N) is 7. The van der Waals surface area contributed by atoms with Crippen molar-refractivity contribution in [2.45, 2.75) is 26.3 Å². The predicted molar refractivity (Wildman–Crippen MR) is 135 cm³/mol. The summed E-state index contributed by atoms with van der Waals surface area (Å²) in [6, 6.07) is 3.48. The number of halogens is 1. The molecule has 4 rings (SSSR count). The zero-order chi connectivity index (χ0) is 24.9. The lowest BCUT2D eigenvalue weighted by Crippen LogP contribution is -2.19. The van der Waals surface area contributed by atoms with Gasteiger partial charge in [-0.15, -0.1) is 0 Å². The lowest BCUT2D eigenvalue weighted by molar-refractivity contribution is 0.280. The Balaban J connectivity index is 1.44. The van der Waals surface area contributed by atoms with E-state index in [1.54, 1.807) is 40.1 Å². The number of nitrogens with one attached hydrogen (secondary N) is 1. The van der Waals surface area contributed by atoms with Gasteiger partial charge in [0, 0.05) is 45.1 Å². The van der Waals surface area contributed by atoms with Gasteiger partial charge in [-0.25, -0.2) is 19.6 Å². The average Bonchev–Trinajstić information content (AvgIpc) is 3.34. The van der Waals surface area contributed by atoms with Crippen molar-refractivity contribution in [2.24, 2.45) is 14.1 Å². The Labute approximate surface area is 208 Å². The summed E-state index contributed by atoms with van der Waals surface area (Å²) in [7, 11) is 3.68. The average molecular weight is 492 g/mol. The van der Waals surface area contributed by atoms with E-state index in [0.717, 1.165) is 28.1 Å². The molecule has 0 fully saturated rings. The van der Waals surface area contributed by atoms with Crippen LogP contribution >= 0.6 is 11.6 Å². The number of pyridine rings is 1. The topological polar surface area (TPSA) is 122 Å². The van der Waals surface area contributed by atoms with Crippen molar-refractivity contribution < 1.29 is 4.74 Å². The summed E-state index contributed by atoms with van der Waals surface area (Å²) in [5.74, 6) is 7.71. The summed E-state index contributed by atoms with van der Waals surface area (Å²) >= 11 is 6.14. The number of aryl methyl sites for hydroxylation is 3. The van der Waals surface area contributed by atoms with Crippen LogP contribution in [0.25, 0.3) is 11.4 Å². The van der Waals surface area contributed by atoms with Crippen molar-refractivity contribution in [3.63, 3.8) is 0 Å². The first kappa shape index (κ1) is 24.0. The van der Waals surface area contributed by atoms with Crippen LogP contribution in [-0.4, -0.2) is 47.2 Å². The molecule has 0 radical (unpaired) electrons. The molecule has 0 saturated carbocycles. The summed E-state index contributed by atoms with van der Waals surface area (Å²) in [6.45, 7) is 4.39. The molecule has 180 valence electrons. The van der Waals surface area contributed by atoms with Crippen LogP contribution in [0.2, 0.25) is 5.15 Å². The highest BCUT2D eigenvalue weighted by Crippen LogP contribution is 2.31. The maximum Gasteiger partial charge on any atom is 0.223 e. The van der Waals surface area contributed by atoms with E-state index in [-0.39, 0.29) is 6.04 Å². The third kappa shape index (κ3) is 5.88. The van der Waals surface area contributed by atoms with Crippen LogP contribution in [0.5, 0.6) is 5.88 Å². The molecule has 4 heterocycles. The highest BCUT2D eigenvalue weighted by molar-refractivity contribution is 6.29. The van der Waals surface area contributed by atoms with E-state index in [2.05, 4.69) is 49.2 Å². The zero-order valence-electron chi connectivity index (χ0n) is 19.9. The first-order valence-electron chi connectivity index (χ1n) is 11.0. The molecular formula is C24H26ClN9O. The Bertz CT molecular complexity index is 1400. The van der Waals surface area contributed by atoms with Gasteiger partial charge in [0.25, 0.3) is 0 Å². The Morgan fingerprint density at radius 3 is 2.80 bits per heavy atom. The van der Waals surface area contributed by atoms with Gasteiger partial charge < -0.3 is 15.8 Å². The summed E-state index contributed by atoms with van der Waals surface area (Å²) in [5, 5.41) is 12.5. The quantitative estimate of drug-likeness (QED) is 0.298. The minimum atomic E-state index is 0.0637. The number of hydrogen-bond donors (Lipinski definition) is 2. The number of anilines is 2. The molecule has 4 aromatic rings. The number of ether oxygens (including phenoxy) is 1. The van der Waals surface area contributed by atoms with Crippen LogP contribution in [-0.2, 0) is 14.1 Å². The third-order valence-corrected chi connectivity index (χ3v) is 5.39. The van der Waals surface area contributed by atoms with E-state index in [1.807, 2.05) is 27.2 Å². The Morgan fingerprint density at radius 1 is 1.23 bits per heavy atom. The fourth-order valence-electron chi connectivity index (χ4n) is 3.50. The van der Waals surface area contributed by atoms with Crippen molar-refractivity contribution in [3.8, 4) is 29.1 Å². The van der Waals surface area contributed by atoms with Crippen molar-refractivity contribution in [1.82, 2.24) is 34.5 Å². The lowest BCUT2D eigenvalue weighted by Gasteiger charge is -2.17. The van der Waals surface area contributed by atoms with Gasteiger partial charge in [0.1, 0.15) is 16.5 Å². The van der Waals surface area contributed by atoms with Crippen molar-refractivity contribution in [2.75, 3.05) is 17.7 Å². The second-order valence-corrected chi connectivity index (χ2v) is 8.47. The largest absolute Gasteiger partial charge is 0.477 e. The van der Waals surface area contributed by atoms with Crippen LogP contribution in [0.15, 0.2) is 36.9 Å². The predicted octanol–water partition coefficient (Wildman–Crippen LogP) is 3.22. The highest BCUT2D eigenvalue weighted by atomic mass is 35.5. The van der Waals surface area contributed by atoms with E-state index in [4.69, 9.17) is 22.1 Å². The van der Waals surface area contributed by atoms with Gasteiger partial charge in [0.05, 0.1) is 35.3 Å². The Morgan fingerprint density at radius 2 is 2.06 bits per heavy atom. The van der Waals surface area contributed by atoms with E-state index in [0.29, 0.717) is 35.7 Å². The second kappa shape index (κ2) is 10.4. The van der Waals surface area contributed by atoms with Crippen LogP contribution in [0, 0.1) is 18.8 Å². The molecule has 3 N–H and O–H groups in total. The van der Waals surface area contributed by atoms with Gasteiger partial charge in [0.2, 0.25) is 5.88 Å². The van der Waals surface area contributed by atoms with E-state index >= 15 is 0 Å². The monoisotopic (exact) mass is 491 g/mol. The summed E-state index contributed by atoms with van der Waals surface area (Å²) in [4.78, 5) is 12.8. The standard InChI is InChI=1S/C24H26ClN9O/c1-15(30-19-11-20(25)28-13-18(19)6-5-17-12-29-33(3)14-17)8-10-35-24-22(16(2)32-34(24)4)23-27-9-7-21(26)31-23/h7,9,11-15H,8,10H2,1-4H3,(H,28,30)(H2,26,27,31)/t15-/m0/s1. The SMILES string of the molecule is Cc1nn(C)c(OCC[C@H](C)Nc2cc(Cl)ncc2C#Cc2cnn(C)c2)c1-c1nccc(N)n1. The minimum absolute atomic E-state index is 0.0637. The van der Waals surface area contributed by atoms with Crippen molar-refractivity contribution in [3.05, 3.63) is 58.9 Å². The van der Waals surface area contributed by atoms with Crippen LogP contribution < -0.4 is 15.8 Å². The summed E-state index contributed by atoms with van der Waals surface area (Å²) in [5.41, 5.74) is 9.71. The molecule has 11 heteroatoms. The molecule has 0 aliphatic heterocycles. The maximum atomic E-state index is 6.14. The van der Waals surface area contributed by atoms with Crippen molar-refractivity contribution >= 4 is 23.1 Å². The molecule has 0 aliphatic rings. The summed E-state index contributed by atoms with van der Waals surface area (Å²) in [6.07, 6.45) is 7.55. The van der Waals surface area contributed by atoms with Crippen LogP contribution in [0.4, 0.5) is 11.5 Å². The fraction of sp³-hybridized carbons (Fsp3) is 0.292. The fourth-order valence-corrected chi connectivity index (χ4v) is 3.66. The molecule has 0 unspecified atom stereocenters. The Kier molecular flexibility index (Phi) is 7.17. The molecular weight excluding hydrogens is 466 g/mol. The smallest absolute Gasteiger partial charge is 0.223 e. The molecule has 4 aromatic heterocycles. The van der Waals surface area contributed by atoms with E-state index < -0.39 is 0 Å². The Hall–Kier alpha value is -4.10. The van der Waals surface area contributed by atoms with Gasteiger partial charge in [-0.1, -0.05) is 23.4 Å². The zero-order valence-corrected chi connectivity index (χ0v) is 20.7. The van der Waals surface area contributed by atoms with Gasteiger partial charge in [-0.2, -0.15) is 10.2 Å². The van der Waals surface area contributed by atoms with Gasteiger partial charge in [0.15, 0.2) is 5.82 Å². The first-order chi connectivity index (χ1) is 16.8. The molecule has 35 heavy (non-hydrogen) atoms. The first-order valence-corrected chi connectivity index (χ1v) is 11.4. The van der Waals surface area contributed by atoms with Gasteiger partial charge in [-0.05, 0) is 26.0 Å². The van der Waals surface area contributed by atoms with Gasteiger partial charge >= 0.3 is 0 Å². The number of hydrogen-bond acceptors (Lipinski definition) is 8. The second-order valence-electron chi connectivity index (χ2n) is 8.08. The molecule has 1 atom stereocenters. The lowest BCUT2D eigenvalue weighted by atomic mass is 10.2. The number of nitrogens with two attached hydrogens (primary N) is 1. The summed E-state index contributed by atoms with van der Waals surface area (Å²) < 4.78 is 9.51. The molecule has 0 aromatic carbocycles. The highest BCUT2D eigenvalue weighted by Gasteiger charge is 2.19.